The van der Waals surface area contributed by atoms with Crippen LogP contribution in [0.1, 0.15) is 36.0 Å². The van der Waals surface area contributed by atoms with Crippen molar-refractivity contribution in [3.8, 4) is 11.5 Å². The van der Waals surface area contributed by atoms with E-state index < -0.39 is 0 Å². The minimum absolute atomic E-state index is 0.0346. The third-order valence-corrected chi connectivity index (χ3v) is 4.68. The number of nitrogens with one attached hydrogen (secondary N) is 1. The zero-order valence-electron chi connectivity index (χ0n) is 16.9. The largest absolute Gasteiger partial charge is 0.493 e. The van der Waals surface area contributed by atoms with Crippen molar-refractivity contribution in [2.75, 3.05) is 13.7 Å². The van der Waals surface area contributed by atoms with Crippen LogP contribution >= 0.6 is 0 Å². The summed E-state index contributed by atoms with van der Waals surface area (Å²) in [5, 5.41) is 3.07. The number of benzene rings is 3. The molecule has 1 amide bonds. The fourth-order valence-electron chi connectivity index (χ4n) is 3.23. The van der Waals surface area contributed by atoms with E-state index in [0.29, 0.717) is 18.9 Å². The van der Waals surface area contributed by atoms with E-state index in [2.05, 4.69) is 12.2 Å². The molecule has 150 valence electrons. The summed E-state index contributed by atoms with van der Waals surface area (Å²) in [6.07, 6.45) is 0.932. The summed E-state index contributed by atoms with van der Waals surface area (Å²) in [5.41, 5.74) is 2.90. The number of amides is 1. The van der Waals surface area contributed by atoms with Crippen molar-refractivity contribution in [2.45, 2.75) is 25.8 Å². The van der Waals surface area contributed by atoms with Crippen LogP contribution in [0.3, 0.4) is 0 Å². The molecular formula is C25H27NO3. The highest BCUT2D eigenvalue weighted by atomic mass is 16.5. The number of hydrogen-bond acceptors (Lipinski definition) is 3. The van der Waals surface area contributed by atoms with Crippen molar-refractivity contribution in [2.24, 2.45) is 0 Å². The van der Waals surface area contributed by atoms with E-state index in [9.17, 15) is 4.79 Å². The van der Waals surface area contributed by atoms with E-state index in [-0.39, 0.29) is 11.8 Å². The SMILES string of the molecule is CCCOc1ccc(CNC(=O)C(c2ccccc2)c2ccccc2)cc1OC. The summed E-state index contributed by atoms with van der Waals surface area (Å²) in [6, 6.07) is 25.4. The highest BCUT2D eigenvalue weighted by molar-refractivity contribution is 5.87. The molecule has 4 heteroatoms. The molecule has 0 radical (unpaired) electrons. The Morgan fingerprint density at radius 2 is 1.52 bits per heavy atom. The fourth-order valence-corrected chi connectivity index (χ4v) is 3.23. The van der Waals surface area contributed by atoms with E-state index >= 15 is 0 Å². The molecule has 0 bridgehead atoms. The third kappa shape index (κ3) is 5.38. The van der Waals surface area contributed by atoms with Gasteiger partial charge in [-0.15, -0.1) is 0 Å². The summed E-state index contributed by atoms with van der Waals surface area (Å²) in [4.78, 5) is 13.1. The molecule has 0 aromatic heterocycles. The zero-order chi connectivity index (χ0) is 20.5. The van der Waals surface area contributed by atoms with Crippen molar-refractivity contribution < 1.29 is 14.3 Å². The van der Waals surface area contributed by atoms with E-state index in [1.807, 2.05) is 78.9 Å². The lowest BCUT2D eigenvalue weighted by Gasteiger charge is -2.18. The van der Waals surface area contributed by atoms with Gasteiger partial charge in [-0.05, 0) is 35.2 Å². The molecule has 0 fully saturated rings. The molecule has 0 aliphatic heterocycles. The quantitative estimate of drug-likeness (QED) is 0.564. The highest BCUT2D eigenvalue weighted by Gasteiger charge is 2.22. The maximum atomic E-state index is 13.1. The molecule has 0 heterocycles. The Morgan fingerprint density at radius 3 is 2.07 bits per heavy atom. The minimum Gasteiger partial charge on any atom is -0.493 e. The normalized spacial score (nSPS) is 10.6. The summed E-state index contributed by atoms with van der Waals surface area (Å²) >= 11 is 0. The molecule has 1 N–H and O–H groups in total. The maximum Gasteiger partial charge on any atom is 0.232 e. The number of ether oxygens (including phenoxy) is 2. The van der Waals surface area contributed by atoms with Crippen molar-refractivity contribution >= 4 is 5.91 Å². The summed E-state index contributed by atoms with van der Waals surface area (Å²) in [5.74, 6) is 1.00. The highest BCUT2D eigenvalue weighted by Crippen LogP contribution is 2.29. The first-order valence-electron chi connectivity index (χ1n) is 9.90. The second kappa shape index (κ2) is 10.3. The van der Waals surface area contributed by atoms with Gasteiger partial charge in [-0.25, -0.2) is 0 Å². The van der Waals surface area contributed by atoms with Crippen molar-refractivity contribution in [1.82, 2.24) is 5.32 Å². The van der Waals surface area contributed by atoms with Gasteiger partial charge >= 0.3 is 0 Å². The molecule has 0 unspecified atom stereocenters. The number of carbonyl (C=O) groups is 1. The average molecular weight is 389 g/mol. The van der Waals surface area contributed by atoms with Gasteiger partial charge in [0, 0.05) is 6.54 Å². The van der Waals surface area contributed by atoms with Crippen LogP contribution in [0.5, 0.6) is 11.5 Å². The molecule has 3 aromatic carbocycles. The van der Waals surface area contributed by atoms with E-state index in [4.69, 9.17) is 9.47 Å². The molecule has 0 aliphatic rings. The topological polar surface area (TPSA) is 47.6 Å². The van der Waals surface area contributed by atoms with Gasteiger partial charge in [-0.2, -0.15) is 0 Å². The Balaban J connectivity index is 1.75. The molecule has 0 saturated heterocycles. The van der Waals surface area contributed by atoms with E-state index in [1.165, 1.54) is 0 Å². The first kappa shape index (κ1) is 20.5. The molecule has 4 nitrogen and oxygen atoms in total. The molecule has 0 atom stereocenters. The van der Waals surface area contributed by atoms with Crippen LogP contribution in [0.2, 0.25) is 0 Å². The summed E-state index contributed by atoms with van der Waals surface area (Å²) in [7, 11) is 1.62. The standard InChI is InChI=1S/C25H27NO3/c1-3-16-29-22-15-14-19(17-23(22)28-2)18-26-25(27)24(20-10-6-4-7-11-20)21-12-8-5-9-13-21/h4-15,17,24H,3,16,18H2,1-2H3,(H,26,27). The number of rotatable bonds is 9. The second-order valence-corrected chi connectivity index (χ2v) is 6.81. The van der Waals surface area contributed by atoms with Crippen LogP contribution in [0.15, 0.2) is 78.9 Å². The molecule has 29 heavy (non-hydrogen) atoms. The van der Waals surface area contributed by atoms with Gasteiger partial charge in [-0.1, -0.05) is 73.7 Å². The Bertz CT molecular complexity index is 870. The van der Waals surface area contributed by atoms with Gasteiger partial charge in [-0.3, -0.25) is 4.79 Å². The van der Waals surface area contributed by atoms with E-state index in [0.717, 1.165) is 28.9 Å². The summed E-state index contributed by atoms with van der Waals surface area (Å²) < 4.78 is 11.1. The first-order chi connectivity index (χ1) is 14.2. The lowest BCUT2D eigenvalue weighted by Crippen LogP contribution is -2.29. The Morgan fingerprint density at radius 1 is 0.897 bits per heavy atom. The van der Waals surface area contributed by atoms with Crippen LogP contribution in [0, 0.1) is 0 Å². The van der Waals surface area contributed by atoms with Crippen LogP contribution in [0.25, 0.3) is 0 Å². The second-order valence-electron chi connectivity index (χ2n) is 6.81. The number of hydrogen-bond donors (Lipinski definition) is 1. The zero-order valence-corrected chi connectivity index (χ0v) is 16.9. The minimum atomic E-state index is -0.355. The Labute approximate surface area is 172 Å². The van der Waals surface area contributed by atoms with Gasteiger partial charge in [0.25, 0.3) is 0 Å². The third-order valence-electron chi connectivity index (χ3n) is 4.68. The molecule has 0 spiro atoms. The van der Waals surface area contributed by atoms with E-state index in [1.54, 1.807) is 7.11 Å². The van der Waals surface area contributed by atoms with Crippen LogP contribution in [0.4, 0.5) is 0 Å². The van der Waals surface area contributed by atoms with Gasteiger partial charge < -0.3 is 14.8 Å². The van der Waals surface area contributed by atoms with Gasteiger partial charge in [0.2, 0.25) is 5.91 Å². The average Bonchev–Trinajstić information content (AvgIpc) is 2.78. The molecule has 0 aliphatic carbocycles. The molecule has 3 aromatic rings. The van der Waals surface area contributed by atoms with Gasteiger partial charge in [0.05, 0.1) is 19.6 Å². The lowest BCUT2D eigenvalue weighted by atomic mass is 9.90. The number of methoxy groups -OCH3 is 1. The first-order valence-corrected chi connectivity index (χ1v) is 9.90. The maximum absolute atomic E-state index is 13.1. The molecule has 3 rings (SSSR count). The Kier molecular flexibility index (Phi) is 7.28. The lowest BCUT2D eigenvalue weighted by molar-refractivity contribution is -0.121. The fraction of sp³-hybridized carbons (Fsp3) is 0.240. The van der Waals surface area contributed by atoms with Crippen molar-refractivity contribution in [3.05, 3.63) is 95.6 Å². The monoisotopic (exact) mass is 389 g/mol. The van der Waals surface area contributed by atoms with Crippen LogP contribution < -0.4 is 14.8 Å². The smallest absolute Gasteiger partial charge is 0.232 e. The predicted octanol–water partition coefficient (Wildman–Crippen LogP) is 4.93. The predicted molar refractivity (Wildman–Crippen MR) is 115 cm³/mol. The molecule has 0 saturated carbocycles. The number of carbonyl (C=O) groups excluding carboxylic acids is 1. The van der Waals surface area contributed by atoms with Crippen LogP contribution in [-0.2, 0) is 11.3 Å². The van der Waals surface area contributed by atoms with Crippen LogP contribution in [-0.4, -0.2) is 19.6 Å². The van der Waals surface area contributed by atoms with Gasteiger partial charge in [0.1, 0.15) is 0 Å². The van der Waals surface area contributed by atoms with Crippen molar-refractivity contribution in [3.63, 3.8) is 0 Å². The van der Waals surface area contributed by atoms with Crippen molar-refractivity contribution in [1.29, 1.82) is 0 Å². The summed E-state index contributed by atoms with van der Waals surface area (Å²) in [6.45, 7) is 3.12. The Hall–Kier alpha value is -3.27. The molecular weight excluding hydrogens is 362 g/mol. The van der Waals surface area contributed by atoms with Gasteiger partial charge in [0.15, 0.2) is 11.5 Å².